The van der Waals surface area contributed by atoms with Gasteiger partial charge in [-0.1, -0.05) is 19.8 Å². The molecule has 0 rings (SSSR count). The topological polar surface area (TPSA) is 15.3 Å². The number of unbranched alkanes of at least 4 members (excludes halogenated alkanes) is 3. The first-order chi connectivity index (χ1) is 6.27. The molecule has 0 unspecified atom stereocenters. The summed E-state index contributed by atoms with van der Waals surface area (Å²) in [6.45, 7) is 5.83. The van der Waals surface area contributed by atoms with Gasteiger partial charge in [0.15, 0.2) is 0 Å². The van der Waals surface area contributed by atoms with E-state index in [2.05, 4.69) is 31.2 Å². The smallest absolute Gasteiger partial charge is 0.00248 e. The maximum atomic E-state index is 3.42. The fourth-order valence-corrected chi connectivity index (χ4v) is 1.33. The Kier molecular flexibility index (Phi) is 9.94. The van der Waals surface area contributed by atoms with Gasteiger partial charge in [-0.25, -0.2) is 0 Å². The first-order valence-electron chi connectivity index (χ1n) is 5.62. The van der Waals surface area contributed by atoms with Crippen LogP contribution in [0.5, 0.6) is 0 Å². The van der Waals surface area contributed by atoms with Crippen molar-refractivity contribution >= 4 is 0 Å². The van der Waals surface area contributed by atoms with Crippen molar-refractivity contribution in [2.75, 3.05) is 33.7 Å². The average molecular weight is 186 g/mol. The highest BCUT2D eigenvalue weighted by atomic mass is 15.0. The van der Waals surface area contributed by atoms with Crippen LogP contribution in [0.2, 0.25) is 0 Å². The highest BCUT2D eigenvalue weighted by Gasteiger charge is 1.91. The van der Waals surface area contributed by atoms with Crippen molar-refractivity contribution in [3.63, 3.8) is 0 Å². The molecule has 0 saturated heterocycles. The molecule has 0 saturated carbocycles. The van der Waals surface area contributed by atoms with Gasteiger partial charge in [0.05, 0.1) is 0 Å². The van der Waals surface area contributed by atoms with Gasteiger partial charge in [0.1, 0.15) is 0 Å². The van der Waals surface area contributed by atoms with Crippen molar-refractivity contribution in [3.8, 4) is 0 Å². The first kappa shape index (κ1) is 12.9. The number of hydrogen-bond acceptors (Lipinski definition) is 2. The third-order valence-corrected chi connectivity index (χ3v) is 2.14. The van der Waals surface area contributed by atoms with E-state index >= 15 is 0 Å². The lowest BCUT2D eigenvalue weighted by atomic mass is 10.2. The molecule has 0 bridgehead atoms. The highest BCUT2D eigenvalue weighted by Crippen LogP contribution is 1.99. The summed E-state index contributed by atoms with van der Waals surface area (Å²) < 4.78 is 0. The molecule has 0 aliphatic carbocycles. The standard InChI is InChI=1S/C11H26N2/c1-4-9-12-10-7-5-6-8-11-13(2)3/h12H,4-11H2,1-3H3. The molecule has 80 valence electrons. The highest BCUT2D eigenvalue weighted by molar-refractivity contribution is 4.50. The minimum atomic E-state index is 1.18. The zero-order chi connectivity index (χ0) is 9.94. The predicted molar refractivity (Wildman–Crippen MR) is 60.2 cm³/mol. The van der Waals surface area contributed by atoms with Crippen molar-refractivity contribution in [1.29, 1.82) is 0 Å². The number of rotatable bonds is 9. The predicted octanol–water partition coefficient (Wildman–Crippen LogP) is 2.11. The van der Waals surface area contributed by atoms with E-state index in [0.717, 1.165) is 0 Å². The number of hydrogen-bond donors (Lipinski definition) is 1. The van der Waals surface area contributed by atoms with E-state index in [0.29, 0.717) is 0 Å². The van der Waals surface area contributed by atoms with E-state index in [9.17, 15) is 0 Å². The maximum Gasteiger partial charge on any atom is -0.00248 e. The normalized spacial score (nSPS) is 11.1. The lowest BCUT2D eigenvalue weighted by Crippen LogP contribution is -2.16. The van der Waals surface area contributed by atoms with E-state index in [1.807, 2.05) is 0 Å². The summed E-state index contributed by atoms with van der Waals surface area (Å²) in [4.78, 5) is 2.26. The van der Waals surface area contributed by atoms with Crippen LogP contribution in [0.3, 0.4) is 0 Å². The van der Waals surface area contributed by atoms with Gasteiger partial charge in [0.25, 0.3) is 0 Å². The largest absolute Gasteiger partial charge is 0.317 e. The van der Waals surface area contributed by atoms with Crippen molar-refractivity contribution in [3.05, 3.63) is 0 Å². The van der Waals surface area contributed by atoms with Crippen molar-refractivity contribution in [2.24, 2.45) is 0 Å². The zero-order valence-electron chi connectivity index (χ0n) is 9.60. The van der Waals surface area contributed by atoms with Gasteiger partial charge in [-0.15, -0.1) is 0 Å². The monoisotopic (exact) mass is 186 g/mol. The number of nitrogens with one attached hydrogen (secondary N) is 1. The molecule has 0 spiro atoms. The van der Waals surface area contributed by atoms with Crippen molar-refractivity contribution in [1.82, 2.24) is 10.2 Å². The van der Waals surface area contributed by atoms with Gasteiger partial charge >= 0.3 is 0 Å². The summed E-state index contributed by atoms with van der Waals surface area (Å²) in [5.41, 5.74) is 0. The summed E-state index contributed by atoms with van der Waals surface area (Å²) >= 11 is 0. The molecule has 13 heavy (non-hydrogen) atoms. The molecule has 0 aliphatic heterocycles. The summed E-state index contributed by atoms with van der Waals surface area (Å²) in [5, 5.41) is 3.42. The molecule has 0 heterocycles. The second-order valence-electron chi connectivity index (χ2n) is 3.97. The average Bonchev–Trinajstić information content (AvgIpc) is 2.09. The fourth-order valence-electron chi connectivity index (χ4n) is 1.33. The van der Waals surface area contributed by atoms with Crippen LogP contribution in [0, 0.1) is 0 Å². The Morgan fingerprint density at radius 1 is 0.923 bits per heavy atom. The Bertz CT molecular complexity index is 92.1. The van der Waals surface area contributed by atoms with Crippen LogP contribution in [0.4, 0.5) is 0 Å². The second-order valence-corrected chi connectivity index (χ2v) is 3.97. The van der Waals surface area contributed by atoms with E-state index < -0.39 is 0 Å². The van der Waals surface area contributed by atoms with Crippen LogP contribution < -0.4 is 5.32 Å². The SMILES string of the molecule is CCCNCCCCCCN(C)C. The summed E-state index contributed by atoms with van der Waals surface area (Å²) in [7, 11) is 4.28. The second kappa shape index (κ2) is 10.0. The minimum absolute atomic E-state index is 1.18. The molecular formula is C11H26N2. The van der Waals surface area contributed by atoms with Gasteiger partial charge < -0.3 is 10.2 Å². The molecule has 0 amide bonds. The quantitative estimate of drug-likeness (QED) is 0.555. The van der Waals surface area contributed by atoms with Crippen molar-refractivity contribution in [2.45, 2.75) is 39.0 Å². The summed E-state index contributed by atoms with van der Waals surface area (Å²) in [6, 6.07) is 0. The molecular weight excluding hydrogens is 160 g/mol. The Balaban J connectivity index is 2.84. The van der Waals surface area contributed by atoms with Crippen LogP contribution in [0.15, 0.2) is 0 Å². The lowest BCUT2D eigenvalue weighted by Gasteiger charge is -2.08. The Hall–Kier alpha value is -0.0800. The first-order valence-corrected chi connectivity index (χ1v) is 5.62. The summed E-state index contributed by atoms with van der Waals surface area (Å²) in [5.74, 6) is 0. The van der Waals surface area contributed by atoms with Gasteiger partial charge in [-0.3, -0.25) is 0 Å². The van der Waals surface area contributed by atoms with Crippen LogP contribution in [0.25, 0.3) is 0 Å². The molecule has 0 aromatic carbocycles. The van der Waals surface area contributed by atoms with E-state index in [1.54, 1.807) is 0 Å². The van der Waals surface area contributed by atoms with E-state index in [-0.39, 0.29) is 0 Å². The molecule has 0 aromatic rings. The van der Waals surface area contributed by atoms with Gasteiger partial charge in [0, 0.05) is 0 Å². The van der Waals surface area contributed by atoms with E-state index in [4.69, 9.17) is 0 Å². The summed E-state index contributed by atoms with van der Waals surface area (Å²) in [6.07, 6.45) is 6.70. The molecule has 0 aromatic heterocycles. The van der Waals surface area contributed by atoms with Crippen LogP contribution in [-0.2, 0) is 0 Å². The van der Waals surface area contributed by atoms with E-state index in [1.165, 1.54) is 51.7 Å². The number of nitrogens with zero attached hydrogens (tertiary/aromatic N) is 1. The third kappa shape index (κ3) is 11.9. The maximum absolute atomic E-state index is 3.42. The van der Waals surface area contributed by atoms with Crippen molar-refractivity contribution < 1.29 is 0 Å². The molecule has 0 radical (unpaired) electrons. The fraction of sp³-hybridized carbons (Fsp3) is 1.00. The molecule has 2 heteroatoms. The molecule has 0 atom stereocenters. The Morgan fingerprint density at radius 2 is 1.62 bits per heavy atom. The van der Waals surface area contributed by atoms with Gasteiger partial charge in [0.2, 0.25) is 0 Å². The molecule has 2 nitrogen and oxygen atoms in total. The lowest BCUT2D eigenvalue weighted by molar-refractivity contribution is 0.390. The minimum Gasteiger partial charge on any atom is -0.317 e. The molecule has 1 N–H and O–H groups in total. The zero-order valence-corrected chi connectivity index (χ0v) is 9.60. The Morgan fingerprint density at radius 3 is 2.23 bits per heavy atom. The van der Waals surface area contributed by atoms with Gasteiger partial charge in [-0.2, -0.15) is 0 Å². The van der Waals surface area contributed by atoms with Crippen LogP contribution in [-0.4, -0.2) is 38.6 Å². The third-order valence-electron chi connectivity index (χ3n) is 2.14. The Labute approximate surface area is 83.7 Å². The molecule has 0 fully saturated rings. The molecule has 0 aliphatic rings. The van der Waals surface area contributed by atoms with Gasteiger partial charge in [-0.05, 0) is 53.0 Å². The van der Waals surface area contributed by atoms with Crippen LogP contribution >= 0.6 is 0 Å². The van der Waals surface area contributed by atoms with Crippen LogP contribution in [0.1, 0.15) is 39.0 Å².